The summed E-state index contributed by atoms with van der Waals surface area (Å²) in [5.74, 6) is 0. The summed E-state index contributed by atoms with van der Waals surface area (Å²) in [5.41, 5.74) is 13.2. The number of rotatable bonds is 6. The quantitative estimate of drug-likeness (QED) is 0.658. The zero-order valence-electron chi connectivity index (χ0n) is 9.23. The summed E-state index contributed by atoms with van der Waals surface area (Å²) in [6.45, 7) is 7.97. The summed E-state index contributed by atoms with van der Waals surface area (Å²) in [4.78, 5) is 0. The molecule has 0 heterocycles. The first kappa shape index (κ1) is 21.2. The van der Waals surface area contributed by atoms with Gasteiger partial charge in [-0.05, 0) is 0 Å². The molecule has 0 unspecified atom stereocenters. The Balaban J connectivity index is -0.000000153. The molecule has 0 spiro atoms. The predicted molar refractivity (Wildman–Crippen MR) is 67.6 cm³/mol. The molecule has 99 valence electrons. The number of hydrogen-bond donors (Lipinski definition) is 0. The Morgan fingerprint density at radius 1 is 0.933 bits per heavy atom. The van der Waals surface area contributed by atoms with Gasteiger partial charge in [0.1, 0.15) is 0 Å². The Morgan fingerprint density at radius 2 is 1.20 bits per heavy atom. The number of hydrogen-bond acceptors (Lipinski definition) is 0. The van der Waals surface area contributed by atoms with Crippen LogP contribution in [0.25, 0.3) is 22.1 Å². The van der Waals surface area contributed by atoms with Crippen LogP contribution in [0.5, 0.6) is 0 Å². The van der Waals surface area contributed by atoms with Crippen LogP contribution in [0.4, 0.5) is 0 Å². The van der Waals surface area contributed by atoms with Gasteiger partial charge in [0.25, 0.3) is 0 Å². The fraction of sp³-hybridized carbons (Fsp3) is 1.00. The van der Waals surface area contributed by atoms with Crippen LogP contribution in [0.3, 0.4) is 0 Å². The maximum absolute atomic E-state index is 6.61. The molecule has 0 saturated carbocycles. The third-order valence-electron chi connectivity index (χ3n) is 0.987. The van der Waals surface area contributed by atoms with Crippen LogP contribution in [0.2, 0.25) is 0 Å². The monoisotopic (exact) mass is 301 g/mol. The van der Waals surface area contributed by atoms with Gasteiger partial charge in [0.05, 0.1) is 0 Å². The van der Waals surface area contributed by atoms with E-state index in [9.17, 15) is 0 Å². The van der Waals surface area contributed by atoms with Crippen LogP contribution >= 0.6 is 20.3 Å². The second-order valence-corrected chi connectivity index (χ2v) is 3.79. The molecule has 15 heavy (non-hydrogen) atoms. The fourth-order valence-electron chi connectivity index (χ4n) is 0.474. The van der Waals surface area contributed by atoms with E-state index < -0.39 is 0 Å². The van der Waals surface area contributed by atoms with Crippen molar-refractivity contribution in [1.29, 1.82) is 0 Å². The van der Waals surface area contributed by atoms with Crippen molar-refractivity contribution in [1.82, 2.24) is 0 Å². The second kappa shape index (κ2) is 29.4. The summed E-state index contributed by atoms with van der Waals surface area (Å²) in [7, 11) is 9.47. The number of likely N-dealkylation sites (N-methyl/N-ethyl adjacent to an activating group) is 2. The molecule has 0 aliphatic carbocycles. The molecule has 7 heteroatoms. The third-order valence-corrected chi connectivity index (χ3v) is 0.987. The summed E-state index contributed by atoms with van der Waals surface area (Å²) in [6, 6.07) is 0. The summed E-state index contributed by atoms with van der Waals surface area (Å²) in [6.07, 6.45) is 0. The van der Waals surface area contributed by atoms with E-state index in [4.69, 9.17) is 31.8 Å². The van der Waals surface area contributed by atoms with E-state index in [1.54, 1.807) is 0 Å². The normalized spacial score (nSPS) is 8.67. The van der Waals surface area contributed by atoms with Crippen molar-refractivity contribution in [3.05, 3.63) is 22.1 Å². The summed E-state index contributed by atoms with van der Waals surface area (Å²) >= 11 is 0.382. The van der Waals surface area contributed by atoms with E-state index >= 15 is 0 Å². The Labute approximate surface area is 108 Å². The zero-order chi connectivity index (χ0) is 12.4. The Kier molecular flexibility index (Phi) is 41.6. The molecule has 0 aromatic rings. The predicted octanol–water partition coefficient (Wildman–Crippen LogP) is 4.24. The van der Waals surface area contributed by atoms with Crippen molar-refractivity contribution in [2.75, 3.05) is 39.3 Å². The molecular formula is C8H20Cl2CoN4-4. The van der Waals surface area contributed by atoms with Gasteiger partial charge in [-0.1, -0.05) is 13.8 Å². The SMILES string of the molecule is CC[N-]CC[NH-].CC[N-]CC[NH-].[Cl][Co][Cl]. The molecule has 0 fully saturated rings. The van der Waals surface area contributed by atoms with Crippen LogP contribution in [-0.4, -0.2) is 39.3 Å². The van der Waals surface area contributed by atoms with E-state index in [0.717, 1.165) is 13.1 Å². The molecular weight excluding hydrogens is 282 g/mol. The molecule has 0 aromatic heterocycles. The second-order valence-electron chi connectivity index (χ2n) is 2.07. The molecule has 0 aliphatic heterocycles. The van der Waals surface area contributed by atoms with Crippen LogP contribution in [-0.2, 0) is 12.9 Å². The average molecular weight is 302 g/mol. The fourth-order valence-corrected chi connectivity index (χ4v) is 0.474. The average Bonchev–Trinajstić information content (AvgIpc) is 2.25. The van der Waals surface area contributed by atoms with Crippen molar-refractivity contribution in [2.24, 2.45) is 0 Å². The molecule has 0 aromatic carbocycles. The standard InChI is InChI=1S/2C4H10N2.2ClH.Co/c2*1-2-6-4-3-5;;;/h2*5H,2-4H2,1H3;2*1H;/q2*-2;;;+2/p-2. The minimum atomic E-state index is 0.382. The first-order chi connectivity index (χ1) is 7.24. The Morgan fingerprint density at radius 3 is 1.27 bits per heavy atom. The molecule has 0 aliphatic rings. The first-order valence-electron chi connectivity index (χ1n) is 4.64. The molecule has 2 N–H and O–H groups in total. The number of halogens is 2. The molecule has 0 bridgehead atoms. The van der Waals surface area contributed by atoms with Gasteiger partial charge in [-0.25, -0.2) is 0 Å². The van der Waals surface area contributed by atoms with Gasteiger partial charge >= 0.3 is 33.2 Å². The molecule has 0 rings (SSSR count). The van der Waals surface area contributed by atoms with Crippen molar-refractivity contribution in [3.8, 4) is 0 Å². The van der Waals surface area contributed by atoms with Gasteiger partial charge in [0.15, 0.2) is 0 Å². The first-order valence-corrected chi connectivity index (χ1v) is 7.50. The summed E-state index contributed by atoms with van der Waals surface area (Å²) in [5, 5.41) is 7.81. The zero-order valence-corrected chi connectivity index (χ0v) is 11.8. The van der Waals surface area contributed by atoms with Crippen LogP contribution < -0.4 is 0 Å². The number of nitrogens with zero attached hydrogens (tertiary/aromatic N) is 2. The van der Waals surface area contributed by atoms with Gasteiger partial charge in [-0.2, -0.15) is 39.3 Å². The molecule has 0 saturated heterocycles. The Hall–Kier alpha value is 0.926. The van der Waals surface area contributed by atoms with E-state index in [1.165, 1.54) is 0 Å². The van der Waals surface area contributed by atoms with Crippen molar-refractivity contribution in [2.45, 2.75) is 13.8 Å². The third kappa shape index (κ3) is 52.0. The van der Waals surface area contributed by atoms with E-state index in [0.29, 0.717) is 39.1 Å². The van der Waals surface area contributed by atoms with Gasteiger partial charge in [0.2, 0.25) is 0 Å². The van der Waals surface area contributed by atoms with Crippen LogP contribution in [0.1, 0.15) is 13.8 Å². The van der Waals surface area contributed by atoms with Gasteiger partial charge in [-0.15, -0.1) is 0 Å². The van der Waals surface area contributed by atoms with E-state index in [-0.39, 0.29) is 0 Å². The topological polar surface area (TPSA) is 75.8 Å². The molecule has 0 amide bonds. The van der Waals surface area contributed by atoms with Gasteiger partial charge in [-0.3, -0.25) is 0 Å². The molecule has 0 radical (unpaired) electrons. The Bertz CT molecular complexity index is 65.7. The van der Waals surface area contributed by atoms with Crippen LogP contribution in [0.15, 0.2) is 0 Å². The minimum absolute atomic E-state index is 0.382. The van der Waals surface area contributed by atoms with Crippen molar-refractivity contribution in [3.63, 3.8) is 0 Å². The maximum atomic E-state index is 6.61. The van der Waals surface area contributed by atoms with Crippen molar-refractivity contribution < 1.29 is 12.9 Å². The van der Waals surface area contributed by atoms with E-state index in [1.807, 2.05) is 13.8 Å². The molecule has 0 atom stereocenters. The van der Waals surface area contributed by atoms with Crippen molar-refractivity contribution >= 4 is 20.3 Å². The summed E-state index contributed by atoms with van der Waals surface area (Å²) < 4.78 is 0. The molecule has 4 nitrogen and oxygen atoms in total. The van der Waals surface area contributed by atoms with Gasteiger partial charge < -0.3 is 22.1 Å². The van der Waals surface area contributed by atoms with Crippen LogP contribution in [0, 0.1) is 0 Å². The van der Waals surface area contributed by atoms with Gasteiger partial charge in [0, 0.05) is 0 Å². The number of nitrogens with one attached hydrogen (secondary N) is 2. The van der Waals surface area contributed by atoms with E-state index in [2.05, 4.69) is 10.6 Å².